The maximum atomic E-state index is 13.2. The van der Waals surface area contributed by atoms with Gasteiger partial charge in [0.1, 0.15) is 5.82 Å². The van der Waals surface area contributed by atoms with Gasteiger partial charge in [-0.25, -0.2) is 17.8 Å². The zero-order chi connectivity index (χ0) is 22.1. The first-order valence-corrected chi connectivity index (χ1v) is 11.5. The van der Waals surface area contributed by atoms with Gasteiger partial charge in [0, 0.05) is 29.1 Å². The largest absolute Gasteiger partial charge is 0.298 e. The summed E-state index contributed by atoms with van der Waals surface area (Å²) in [5.74, 6) is -0.795. The molecule has 0 aliphatic carbocycles. The summed E-state index contributed by atoms with van der Waals surface area (Å²) in [5.41, 5.74) is 1.62. The molecule has 0 aliphatic heterocycles. The quantitative estimate of drug-likeness (QED) is 0.602. The van der Waals surface area contributed by atoms with E-state index in [0.717, 1.165) is 10.4 Å². The van der Waals surface area contributed by atoms with E-state index in [1.807, 2.05) is 6.92 Å². The maximum absolute atomic E-state index is 13.2. The number of hydrogen-bond acceptors (Lipinski definition) is 5. The van der Waals surface area contributed by atoms with Crippen LogP contribution in [0.2, 0.25) is 0 Å². The number of anilines is 1. The molecular formula is C21H22FN3O3S2. The van der Waals surface area contributed by atoms with E-state index in [1.165, 1.54) is 53.0 Å². The summed E-state index contributed by atoms with van der Waals surface area (Å²) in [6, 6.07) is 11.6. The van der Waals surface area contributed by atoms with Gasteiger partial charge in [0.25, 0.3) is 5.91 Å². The van der Waals surface area contributed by atoms with Crippen LogP contribution in [0.15, 0.2) is 53.4 Å². The molecule has 2 aromatic carbocycles. The molecule has 0 saturated heterocycles. The lowest BCUT2D eigenvalue weighted by Gasteiger charge is -2.21. The van der Waals surface area contributed by atoms with Crippen molar-refractivity contribution in [1.82, 2.24) is 9.29 Å². The van der Waals surface area contributed by atoms with Gasteiger partial charge >= 0.3 is 0 Å². The molecule has 0 unspecified atom stereocenters. The minimum Gasteiger partial charge on any atom is -0.298 e. The number of benzene rings is 2. The summed E-state index contributed by atoms with van der Waals surface area (Å²) < 4.78 is 39.8. The second-order valence-corrected chi connectivity index (χ2v) is 10.2. The van der Waals surface area contributed by atoms with Crippen LogP contribution in [-0.4, -0.2) is 36.7 Å². The molecule has 0 radical (unpaired) electrons. The Morgan fingerprint density at radius 1 is 1.17 bits per heavy atom. The number of sulfonamides is 1. The summed E-state index contributed by atoms with van der Waals surface area (Å²) in [6.07, 6.45) is 0. The number of aryl methyl sites for hydroxylation is 1. The molecule has 0 fully saturated rings. The number of nitrogens with one attached hydrogen (secondary N) is 1. The highest BCUT2D eigenvalue weighted by atomic mass is 32.2. The summed E-state index contributed by atoms with van der Waals surface area (Å²) >= 11 is 1.29. The van der Waals surface area contributed by atoms with Gasteiger partial charge in [-0.3, -0.25) is 10.1 Å². The van der Waals surface area contributed by atoms with Crippen molar-refractivity contribution in [3.05, 3.63) is 64.8 Å². The number of hydrogen-bond donors (Lipinski definition) is 1. The molecule has 0 saturated carbocycles. The normalized spacial score (nSPS) is 11.8. The number of carbonyl (C=O) groups is 1. The third-order valence-electron chi connectivity index (χ3n) is 4.64. The van der Waals surface area contributed by atoms with Gasteiger partial charge in [-0.2, -0.15) is 4.31 Å². The minimum absolute atomic E-state index is 0.0497. The Morgan fingerprint density at radius 3 is 2.47 bits per heavy atom. The van der Waals surface area contributed by atoms with Gasteiger partial charge in [-0.15, -0.1) is 11.3 Å². The van der Waals surface area contributed by atoms with Crippen LogP contribution in [-0.2, 0) is 10.0 Å². The van der Waals surface area contributed by atoms with Gasteiger partial charge in [-0.1, -0.05) is 6.07 Å². The number of halogens is 1. The summed E-state index contributed by atoms with van der Waals surface area (Å²) in [4.78, 5) is 18.0. The average Bonchev–Trinajstić information content (AvgIpc) is 3.07. The Morgan fingerprint density at radius 2 is 1.83 bits per heavy atom. The number of amides is 1. The van der Waals surface area contributed by atoms with E-state index in [1.54, 1.807) is 32.0 Å². The Labute approximate surface area is 179 Å². The van der Waals surface area contributed by atoms with E-state index in [2.05, 4.69) is 10.3 Å². The van der Waals surface area contributed by atoms with Gasteiger partial charge in [0.15, 0.2) is 5.13 Å². The van der Waals surface area contributed by atoms with Crippen LogP contribution in [0.3, 0.4) is 0 Å². The predicted octanol–water partition coefficient (Wildman–Crippen LogP) is 4.54. The lowest BCUT2D eigenvalue weighted by molar-refractivity contribution is 0.102. The van der Waals surface area contributed by atoms with Gasteiger partial charge in [0.2, 0.25) is 10.0 Å². The van der Waals surface area contributed by atoms with Gasteiger partial charge in [0.05, 0.1) is 10.6 Å². The molecule has 3 aromatic rings. The number of nitrogens with zero attached hydrogens (tertiary/aromatic N) is 2. The van der Waals surface area contributed by atoms with Crippen molar-refractivity contribution in [3.63, 3.8) is 0 Å². The van der Waals surface area contributed by atoms with Crippen molar-refractivity contribution < 1.29 is 17.6 Å². The zero-order valence-corrected chi connectivity index (χ0v) is 18.6. The molecule has 3 rings (SSSR count). The standard InChI is InChI=1S/C21H22FN3O3S2/c1-13(2)25(4)30(27,28)18-7-5-6-16(12-18)20(26)24-21-23-19(14(3)29-21)15-8-10-17(22)11-9-15/h5-13H,1-4H3,(H,23,24,26). The Bertz CT molecular complexity index is 1170. The van der Waals surface area contributed by atoms with Crippen LogP contribution >= 0.6 is 11.3 Å². The second kappa shape index (κ2) is 8.63. The van der Waals surface area contributed by atoms with Crippen LogP contribution in [0.4, 0.5) is 9.52 Å². The Hall–Kier alpha value is -2.62. The van der Waals surface area contributed by atoms with Crippen molar-refractivity contribution in [2.45, 2.75) is 31.7 Å². The van der Waals surface area contributed by atoms with Crippen molar-refractivity contribution in [2.75, 3.05) is 12.4 Å². The van der Waals surface area contributed by atoms with Gasteiger partial charge in [-0.05, 0) is 63.2 Å². The van der Waals surface area contributed by atoms with Crippen molar-refractivity contribution in [1.29, 1.82) is 0 Å². The molecule has 9 heteroatoms. The SMILES string of the molecule is Cc1sc(NC(=O)c2cccc(S(=O)(=O)N(C)C(C)C)c2)nc1-c1ccc(F)cc1. The number of thiazole rings is 1. The van der Waals surface area contributed by atoms with Crippen molar-refractivity contribution >= 4 is 32.4 Å². The Kier molecular flexibility index (Phi) is 6.35. The van der Waals surface area contributed by atoms with Crippen molar-refractivity contribution in [2.24, 2.45) is 0 Å². The second-order valence-electron chi connectivity index (χ2n) is 7.03. The molecule has 158 valence electrons. The molecule has 1 heterocycles. The zero-order valence-electron chi connectivity index (χ0n) is 17.0. The van der Waals surface area contributed by atoms with E-state index in [0.29, 0.717) is 10.8 Å². The summed E-state index contributed by atoms with van der Waals surface area (Å²) in [7, 11) is -2.20. The first-order valence-electron chi connectivity index (χ1n) is 9.22. The van der Waals surface area contributed by atoms with Crippen LogP contribution in [0.25, 0.3) is 11.3 Å². The fourth-order valence-electron chi connectivity index (χ4n) is 2.74. The molecule has 0 atom stereocenters. The lowest BCUT2D eigenvalue weighted by atomic mass is 10.1. The molecule has 0 spiro atoms. The highest BCUT2D eigenvalue weighted by Crippen LogP contribution is 2.30. The molecule has 0 aliphatic rings. The fourth-order valence-corrected chi connectivity index (χ4v) is 4.98. The van der Waals surface area contributed by atoms with Crippen LogP contribution in [0.5, 0.6) is 0 Å². The highest BCUT2D eigenvalue weighted by molar-refractivity contribution is 7.89. The first kappa shape index (κ1) is 22.1. The summed E-state index contributed by atoms with van der Waals surface area (Å²) in [5, 5.41) is 3.10. The third-order valence-corrected chi connectivity index (χ3v) is 7.55. The molecular weight excluding hydrogens is 425 g/mol. The van der Waals surface area contributed by atoms with E-state index < -0.39 is 15.9 Å². The maximum Gasteiger partial charge on any atom is 0.257 e. The molecule has 6 nitrogen and oxygen atoms in total. The van der Waals surface area contributed by atoms with Gasteiger partial charge < -0.3 is 0 Å². The minimum atomic E-state index is -3.70. The third kappa shape index (κ3) is 4.58. The number of aromatic nitrogens is 1. The van der Waals surface area contributed by atoms with E-state index in [-0.39, 0.29) is 22.3 Å². The highest BCUT2D eigenvalue weighted by Gasteiger charge is 2.24. The van der Waals surface area contributed by atoms with Crippen molar-refractivity contribution in [3.8, 4) is 11.3 Å². The van der Waals surface area contributed by atoms with E-state index in [4.69, 9.17) is 0 Å². The molecule has 0 bridgehead atoms. The fraction of sp³-hybridized carbons (Fsp3) is 0.238. The van der Waals surface area contributed by atoms with Crippen LogP contribution in [0.1, 0.15) is 29.1 Å². The number of rotatable bonds is 6. The van der Waals surface area contributed by atoms with E-state index in [9.17, 15) is 17.6 Å². The molecule has 1 N–H and O–H groups in total. The Balaban J connectivity index is 1.84. The van der Waals surface area contributed by atoms with Crippen LogP contribution < -0.4 is 5.32 Å². The smallest absolute Gasteiger partial charge is 0.257 e. The molecule has 1 aromatic heterocycles. The average molecular weight is 448 g/mol. The topological polar surface area (TPSA) is 79.4 Å². The van der Waals surface area contributed by atoms with Crippen LogP contribution in [0, 0.1) is 12.7 Å². The summed E-state index contributed by atoms with van der Waals surface area (Å²) in [6.45, 7) is 5.41. The lowest BCUT2D eigenvalue weighted by Crippen LogP contribution is -2.33. The number of carbonyl (C=O) groups excluding carboxylic acids is 1. The predicted molar refractivity (Wildman–Crippen MR) is 117 cm³/mol. The monoisotopic (exact) mass is 447 g/mol. The molecule has 30 heavy (non-hydrogen) atoms. The molecule has 1 amide bonds. The van der Waals surface area contributed by atoms with E-state index >= 15 is 0 Å². The first-order chi connectivity index (χ1) is 14.1.